The number of hydrogen-bond acceptors (Lipinski definition) is 6. The van der Waals surface area contributed by atoms with Crippen LogP contribution < -0.4 is 20.5 Å². The Balaban J connectivity index is 1.31. The van der Waals surface area contributed by atoms with Gasteiger partial charge in [0.25, 0.3) is 5.91 Å². The first-order chi connectivity index (χ1) is 19.6. The number of fused-ring (bicyclic) bond motifs is 2. The van der Waals surface area contributed by atoms with Gasteiger partial charge in [0.2, 0.25) is 5.91 Å². The summed E-state index contributed by atoms with van der Waals surface area (Å²) in [5.74, 6) is -1.72. The predicted molar refractivity (Wildman–Crippen MR) is 143 cm³/mol. The third-order valence-electron chi connectivity index (χ3n) is 7.76. The van der Waals surface area contributed by atoms with E-state index in [9.17, 15) is 22.8 Å². The lowest BCUT2D eigenvalue weighted by atomic mass is 9.83. The highest BCUT2D eigenvalue weighted by Crippen LogP contribution is 2.48. The zero-order valence-electron chi connectivity index (χ0n) is 22.1. The molecule has 0 radical (unpaired) electrons. The second-order valence-corrected chi connectivity index (χ2v) is 10.5. The van der Waals surface area contributed by atoms with Gasteiger partial charge in [-0.05, 0) is 61.9 Å². The zero-order valence-corrected chi connectivity index (χ0v) is 22.1. The Bertz CT molecular complexity index is 1730. The molecule has 210 valence electrons. The van der Waals surface area contributed by atoms with Gasteiger partial charge < -0.3 is 20.5 Å². The van der Waals surface area contributed by atoms with Crippen molar-refractivity contribution >= 4 is 22.7 Å². The molecule has 3 atom stereocenters. The Labute approximate surface area is 232 Å². The lowest BCUT2D eigenvalue weighted by molar-refractivity contribution is -0.123. The third kappa shape index (κ3) is 4.51. The monoisotopic (exact) mass is 562 g/mol. The molecule has 0 bridgehead atoms. The third-order valence-corrected chi connectivity index (χ3v) is 7.76. The number of aromatic nitrogens is 2. The minimum atomic E-state index is -1.08. The molecule has 3 N–H and O–H groups in total. The van der Waals surface area contributed by atoms with Crippen LogP contribution in [0.1, 0.15) is 46.6 Å². The van der Waals surface area contributed by atoms with Gasteiger partial charge in [0.1, 0.15) is 58.7 Å². The second-order valence-electron chi connectivity index (χ2n) is 10.5. The molecule has 0 saturated heterocycles. The van der Waals surface area contributed by atoms with Gasteiger partial charge in [-0.1, -0.05) is 0 Å². The number of halogens is 3. The maximum Gasteiger partial charge on any atom is 0.251 e. The molecule has 2 unspecified atom stereocenters. The quantitative estimate of drug-likeness (QED) is 0.343. The van der Waals surface area contributed by atoms with E-state index >= 15 is 0 Å². The number of nitrogens with zero attached hydrogens (tertiary/aromatic N) is 2. The van der Waals surface area contributed by atoms with Gasteiger partial charge in [0.15, 0.2) is 0 Å². The number of ether oxygens (including phenoxy) is 2. The largest absolute Gasteiger partial charge is 0.494 e. The maximum atomic E-state index is 14.2. The van der Waals surface area contributed by atoms with Crippen LogP contribution in [0.3, 0.4) is 0 Å². The first-order valence-electron chi connectivity index (χ1n) is 12.9. The van der Waals surface area contributed by atoms with Crippen molar-refractivity contribution in [3.63, 3.8) is 0 Å². The van der Waals surface area contributed by atoms with Crippen LogP contribution in [-0.4, -0.2) is 41.5 Å². The number of pyridine rings is 2. The van der Waals surface area contributed by atoms with Crippen LogP contribution in [0.4, 0.5) is 13.2 Å². The molecular weight excluding hydrogens is 537 g/mol. The highest BCUT2D eigenvalue weighted by atomic mass is 19.1. The number of carbonyl (C=O) groups is 2. The normalized spacial score (nSPS) is 20.8. The number of nitrogens with one attached hydrogen (secondary N) is 1. The molecule has 2 amide bonds. The summed E-state index contributed by atoms with van der Waals surface area (Å²) in [5.41, 5.74) is 7.08. The van der Waals surface area contributed by atoms with Crippen LogP contribution in [0, 0.1) is 11.6 Å². The van der Waals surface area contributed by atoms with E-state index in [4.69, 9.17) is 20.2 Å². The summed E-state index contributed by atoms with van der Waals surface area (Å²) >= 11 is 0. The van der Waals surface area contributed by atoms with Crippen LogP contribution in [0.15, 0.2) is 48.5 Å². The summed E-state index contributed by atoms with van der Waals surface area (Å²) in [4.78, 5) is 34.4. The molecule has 1 fully saturated rings. The van der Waals surface area contributed by atoms with Crippen molar-refractivity contribution in [2.45, 2.75) is 37.4 Å². The standard InChI is InChI=1S/C30H25F3N4O4/c1-30(29(34)39)13-41-27-19(30)11-22(35-26(27)14-3-5-17(32)6-4-14)18-10-21(18)37-28(38)16-7-15-8-20(33)23(12-31)36-25(15)24(9-16)40-2/h3-9,11,18,21H,10,12-13H2,1-2H3,(H2,34,39)(H,37,38)/t18?,21?,30-/m0/s1. The SMILES string of the molecule is COc1cc(C(=O)NC2CC2c2cc3c(c(-c4ccc(F)cc4)n2)OC[C@]3(C)C(N)=O)cc2cc(F)c(CF)nc12. The first-order valence-corrected chi connectivity index (χ1v) is 12.9. The van der Waals surface area contributed by atoms with Crippen LogP contribution in [-0.2, 0) is 16.9 Å². The molecule has 41 heavy (non-hydrogen) atoms. The highest BCUT2D eigenvalue weighted by Gasteiger charge is 2.47. The Hall–Kier alpha value is -4.67. The predicted octanol–water partition coefficient (Wildman–Crippen LogP) is 4.47. The van der Waals surface area contributed by atoms with Gasteiger partial charge >= 0.3 is 0 Å². The summed E-state index contributed by atoms with van der Waals surface area (Å²) in [6.45, 7) is 0.682. The topological polar surface area (TPSA) is 116 Å². The van der Waals surface area contributed by atoms with E-state index in [1.165, 1.54) is 31.4 Å². The number of benzene rings is 2. The molecule has 3 heterocycles. The molecule has 2 aromatic carbocycles. The smallest absolute Gasteiger partial charge is 0.251 e. The Morgan fingerprint density at radius 2 is 1.90 bits per heavy atom. The van der Waals surface area contributed by atoms with Crippen LogP contribution >= 0.6 is 0 Å². The summed E-state index contributed by atoms with van der Waals surface area (Å²) in [5, 5.41) is 3.27. The minimum Gasteiger partial charge on any atom is -0.494 e. The fraction of sp³-hybridized carbons (Fsp3) is 0.267. The molecule has 2 aliphatic rings. The number of primary amides is 1. The summed E-state index contributed by atoms with van der Waals surface area (Å²) in [6, 6.07) is 11.4. The molecule has 1 saturated carbocycles. The number of alkyl halides is 1. The van der Waals surface area contributed by atoms with Crippen molar-refractivity contribution in [1.29, 1.82) is 0 Å². The van der Waals surface area contributed by atoms with Crippen LogP contribution in [0.5, 0.6) is 11.5 Å². The Kier molecular flexibility index (Phi) is 6.32. The lowest BCUT2D eigenvalue weighted by Crippen LogP contribution is -2.39. The van der Waals surface area contributed by atoms with Gasteiger partial charge in [-0.25, -0.2) is 23.1 Å². The number of amides is 2. The number of hydrogen-bond donors (Lipinski definition) is 2. The molecule has 2 aromatic heterocycles. The van der Waals surface area contributed by atoms with Gasteiger partial charge in [0, 0.05) is 39.7 Å². The summed E-state index contributed by atoms with van der Waals surface area (Å²) in [6.07, 6.45) is 0.579. The molecular formula is C30H25F3N4O4. The van der Waals surface area contributed by atoms with E-state index in [0.29, 0.717) is 40.1 Å². The number of methoxy groups -OCH3 is 1. The Morgan fingerprint density at radius 1 is 1.15 bits per heavy atom. The molecule has 0 spiro atoms. The van der Waals surface area contributed by atoms with Crippen LogP contribution in [0.25, 0.3) is 22.2 Å². The zero-order chi connectivity index (χ0) is 29.1. The molecule has 1 aliphatic carbocycles. The highest BCUT2D eigenvalue weighted by molar-refractivity contribution is 6.00. The van der Waals surface area contributed by atoms with Crippen molar-refractivity contribution in [2.75, 3.05) is 13.7 Å². The fourth-order valence-electron chi connectivity index (χ4n) is 5.18. The van der Waals surface area contributed by atoms with E-state index < -0.39 is 35.5 Å². The molecule has 8 nitrogen and oxygen atoms in total. The fourth-order valence-corrected chi connectivity index (χ4v) is 5.18. The van der Waals surface area contributed by atoms with Crippen molar-refractivity contribution in [2.24, 2.45) is 5.73 Å². The maximum absolute atomic E-state index is 14.2. The minimum absolute atomic E-state index is 0.0495. The Morgan fingerprint density at radius 3 is 2.59 bits per heavy atom. The number of nitrogens with two attached hydrogens (primary N) is 1. The van der Waals surface area contributed by atoms with Crippen molar-refractivity contribution in [3.8, 4) is 22.8 Å². The summed E-state index contributed by atoms with van der Waals surface area (Å²) in [7, 11) is 1.38. The second kappa shape index (κ2) is 9.76. The molecule has 6 rings (SSSR count). The summed E-state index contributed by atoms with van der Waals surface area (Å²) < 4.78 is 52.2. The van der Waals surface area contributed by atoms with Gasteiger partial charge in [-0.15, -0.1) is 0 Å². The lowest BCUT2D eigenvalue weighted by Gasteiger charge is -2.19. The molecule has 1 aliphatic heterocycles. The van der Waals surface area contributed by atoms with Crippen LogP contribution in [0.2, 0.25) is 0 Å². The van der Waals surface area contributed by atoms with Gasteiger partial charge in [-0.3, -0.25) is 9.59 Å². The molecule has 11 heteroatoms. The van der Waals surface area contributed by atoms with E-state index in [1.54, 1.807) is 25.1 Å². The van der Waals surface area contributed by atoms with E-state index in [0.717, 1.165) is 6.07 Å². The average molecular weight is 563 g/mol. The van der Waals surface area contributed by atoms with Crippen molar-refractivity contribution in [1.82, 2.24) is 15.3 Å². The van der Waals surface area contributed by atoms with E-state index in [2.05, 4.69) is 10.3 Å². The van der Waals surface area contributed by atoms with E-state index in [-0.39, 0.29) is 41.1 Å². The van der Waals surface area contributed by atoms with Crippen molar-refractivity contribution < 1.29 is 32.2 Å². The van der Waals surface area contributed by atoms with Gasteiger partial charge in [0.05, 0.1) is 7.11 Å². The first kappa shape index (κ1) is 26.5. The average Bonchev–Trinajstić information content (AvgIpc) is 3.64. The number of rotatable bonds is 7. The van der Waals surface area contributed by atoms with Crippen molar-refractivity contribution in [3.05, 3.63) is 82.7 Å². The molecule has 4 aromatic rings. The van der Waals surface area contributed by atoms with Gasteiger partial charge in [-0.2, -0.15) is 0 Å². The van der Waals surface area contributed by atoms with E-state index in [1.807, 2.05) is 0 Å². The number of carbonyl (C=O) groups excluding carboxylic acids is 2.